The van der Waals surface area contributed by atoms with E-state index in [9.17, 15) is 13.6 Å². The van der Waals surface area contributed by atoms with Crippen LogP contribution in [0, 0.1) is 22.2 Å². The number of carbonyl (C=O) groups is 1. The number of nitrogens with zero attached hydrogens (tertiary/aromatic N) is 2. The maximum atomic E-state index is 14.7. The van der Waals surface area contributed by atoms with Crippen molar-refractivity contribution in [1.29, 1.82) is 0 Å². The molecule has 4 N–H and O–H groups in total. The number of hydrogen-bond acceptors (Lipinski definition) is 5. The number of halogens is 3. The number of nitrogens with two attached hydrogens (primary N) is 1. The lowest BCUT2D eigenvalue weighted by atomic mass is 10.1. The predicted molar refractivity (Wildman–Crippen MR) is 125 cm³/mol. The van der Waals surface area contributed by atoms with E-state index >= 15 is 0 Å². The Hall–Kier alpha value is -4.30. The number of para-hydroxylation sites is 1. The van der Waals surface area contributed by atoms with Crippen LogP contribution in [0.5, 0.6) is 0 Å². The molecule has 0 bridgehead atoms. The van der Waals surface area contributed by atoms with Crippen molar-refractivity contribution >= 4 is 41.0 Å². The van der Waals surface area contributed by atoms with Crippen LogP contribution in [0.25, 0.3) is 11.9 Å². The highest BCUT2D eigenvalue weighted by Gasteiger charge is 2.16. The second-order valence-electron chi connectivity index (χ2n) is 7.48. The molecule has 0 unspecified atom stereocenters. The Morgan fingerprint density at radius 1 is 1.00 bits per heavy atom. The highest BCUT2D eigenvalue weighted by molar-refractivity contribution is 6.30. The van der Waals surface area contributed by atoms with Gasteiger partial charge in [0.2, 0.25) is 5.95 Å². The summed E-state index contributed by atoms with van der Waals surface area (Å²) in [6, 6.07) is 15.4. The Kier molecular flexibility index (Phi) is 5.43. The van der Waals surface area contributed by atoms with Gasteiger partial charge in [0.15, 0.2) is 0 Å². The first-order chi connectivity index (χ1) is 16.4. The molecule has 1 aliphatic rings. The van der Waals surface area contributed by atoms with E-state index in [2.05, 4.69) is 20.6 Å². The third kappa shape index (κ3) is 3.84. The molecule has 0 saturated heterocycles. The van der Waals surface area contributed by atoms with Crippen LogP contribution in [0.1, 0.15) is 15.9 Å². The first kappa shape index (κ1) is 21.5. The van der Waals surface area contributed by atoms with E-state index in [1.165, 1.54) is 18.2 Å². The van der Waals surface area contributed by atoms with Gasteiger partial charge in [-0.15, -0.1) is 0 Å². The molecule has 0 atom stereocenters. The van der Waals surface area contributed by atoms with Crippen LogP contribution in [0.15, 0.2) is 66.9 Å². The summed E-state index contributed by atoms with van der Waals surface area (Å²) in [5, 5.41) is 8.55. The van der Waals surface area contributed by atoms with Crippen LogP contribution in [-0.4, -0.2) is 15.9 Å². The number of primary amides is 1. The molecule has 4 aromatic rings. The second kappa shape index (κ2) is 8.57. The SMILES string of the molecule is NC(=O)c1ccccc1Nc1ncc2c(n1)=c1ccc(Cl)cc1=C(c1c(F)cccc1F)NC=2. The van der Waals surface area contributed by atoms with E-state index in [0.29, 0.717) is 31.7 Å². The molecular weight excluding hydrogens is 460 g/mol. The number of hydrogen-bond donors (Lipinski definition) is 3. The summed E-state index contributed by atoms with van der Waals surface area (Å²) >= 11 is 6.25. The molecule has 9 heteroatoms. The van der Waals surface area contributed by atoms with Gasteiger partial charge in [-0.05, 0) is 36.4 Å². The van der Waals surface area contributed by atoms with Crippen molar-refractivity contribution in [3.05, 3.63) is 116 Å². The number of fused-ring (bicyclic) bond motifs is 2. The molecule has 0 aliphatic carbocycles. The van der Waals surface area contributed by atoms with Crippen LogP contribution in [-0.2, 0) is 0 Å². The molecule has 3 aromatic carbocycles. The number of aromatic nitrogens is 2. The summed E-state index contributed by atoms with van der Waals surface area (Å²) in [6.07, 6.45) is 3.13. The van der Waals surface area contributed by atoms with Gasteiger partial charge in [-0.2, -0.15) is 0 Å². The number of amides is 1. The summed E-state index contributed by atoms with van der Waals surface area (Å²) in [5.74, 6) is -1.82. The average molecular weight is 476 g/mol. The van der Waals surface area contributed by atoms with Crippen LogP contribution in [0.3, 0.4) is 0 Å². The fraction of sp³-hybridized carbons (Fsp3) is 0. The van der Waals surface area contributed by atoms with Gasteiger partial charge in [0.25, 0.3) is 5.91 Å². The topological polar surface area (TPSA) is 92.9 Å². The quantitative estimate of drug-likeness (QED) is 0.422. The van der Waals surface area contributed by atoms with E-state index in [4.69, 9.17) is 17.3 Å². The van der Waals surface area contributed by atoms with Crippen molar-refractivity contribution in [1.82, 2.24) is 15.3 Å². The summed E-state index contributed by atoms with van der Waals surface area (Å²) < 4.78 is 29.4. The zero-order valence-corrected chi connectivity index (χ0v) is 18.2. The first-order valence-corrected chi connectivity index (χ1v) is 10.5. The standard InChI is InChI=1S/C25H16ClF2N5O/c26-14-8-9-15-17(10-14)23(21-18(27)5-3-6-19(21)28)30-11-13-12-31-25(33-22(13)15)32-20-7-2-1-4-16(20)24(29)34/h1-12,30H,(H2,29,34)(H,32,33). The number of nitrogens with one attached hydrogen (secondary N) is 2. The van der Waals surface area contributed by atoms with Crippen molar-refractivity contribution < 1.29 is 13.6 Å². The van der Waals surface area contributed by atoms with Gasteiger partial charge >= 0.3 is 0 Å². The fourth-order valence-corrected chi connectivity index (χ4v) is 3.97. The third-order valence-corrected chi connectivity index (χ3v) is 5.58. The first-order valence-electron chi connectivity index (χ1n) is 10.2. The fourth-order valence-electron chi connectivity index (χ4n) is 3.80. The van der Waals surface area contributed by atoms with E-state index in [1.807, 2.05) is 0 Å². The van der Waals surface area contributed by atoms with E-state index in [-0.39, 0.29) is 22.8 Å². The molecule has 0 fully saturated rings. The average Bonchev–Trinajstić information content (AvgIpc) is 2.96. The predicted octanol–water partition coefficient (Wildman–Crippen LogP) is 3.04. The Balaban J connectivity index is 1.80. The molecule has 168 valence electrons. The highest BCUT2D eigenvalue weighted by atomic mass is 35.5. The smallest absolute Gasteiger partial charge is 0.250 e. The van der Waals surface area contributed by atoms with Crippen LogP contribution in [0.4, 0.5) is 20.4 Å². The monoisotopic (exact) mass is 475 g/mol. The molecule has 5 rings (SSSR count). The van der Waals surface area contributed by atoms with Gasteiger partial charge < -0.3 is 16.4 Å². The van der Waals surface area contributed by atoms with E-state index in [1.54, 1.807) is 54.9 Å². The minimum atomic E-state index is -0.718. The van der Waals surface area contributed by atoms with Crippen molar-refractivity contribution in [2.24, 2.45) is 5.73 Å². The largest absolute Gasteiger partial charge is 0.366 e. The number of rotatable bonds is 4. The van der Waals surface area contributed by atoms with Gasteiger partial charge in [-0.25, -0.2) is 18.7 Å². The molecule has 0 spiro atoms. The summed E-state index contributed by atoms with van der Waals surface area (Å²) in [6.45, 7) is 0. The number of anilines is 2. The summed E-state index contributed by atoms with van der Waals surface area (Å²) in [5.41, 5.74) is 6.19. The van der Waals surface area contributed by atoms with Crippen LogP contribution < -0.4 is 26.8 Å². The lowest BCUT2D eigenvalue weighted by molar-refractivity contribution is 0.100. The minimum absolute atomic E-state index is 0.208. The molecule has 1 amide bonds. The van der Waals surface area contributed by atoms with Crippen molar-refractivity contribution in [2.75, 3.05) is 5.32 Å². The van der Waals surface area contributed by atoms with Gasteiger partial charge in [0.1, 0.15) is 11.6 Å². The highest BCUT2D eigenvalue weighted by Crippen LogP contribution is 2.20. The molecule has 2 heterocycles. The van der Waals surface area contributed by atoms with Gasteiger partial charge in [0.05, 0.1) is 27.9 Å². The van der Waals surface area contributed by atoms with E-state index in [0.717, 1.165) is 0 Å². The summed E-state index contributed by atoms with van der Waals surface area (Å²) in [4.78, 5) is 20.7. The maximum Gasteiger partial charge on any atom is 0.250 e. The molecule has 1 aliphatic heterocycles. The Labute approximate surface area is 196 Å². The van der Waals surface area contributed by atoms with E-state index < -0.39 is 17.5 Å². The Bertz CT molecular complexity index is 1670. The Morgan fingerprint density at radius 3 is 2.53 bits per heavy atom. The molecule has 34 heavy (non-hydrogen) atoms. The Morgan fingerprint density at radius 2 is 1.76 bits per heavy atom. The zero-order valence-electron chi connectivity index (χ0n) is 17.4. The number of carbonyl (C=O) groups excluding carboxylic acids is 1. The van der Waals surface area contributed by atoms with Gasteiger partial charge in [-0.3, -0.25) is 4.79 Å². The summed E-state index contributed by atoms with van der Waals surface area (Å²) in [7, 11) is 0. The maximum absolute atomic E-state index is 14.7. The van der Waals surface area contributed by atoms with Crippen molar-refractivity contribution in [3.63, 3.8) is 0 Å². The second-order valence-corrected chi connectivity index (χ2v) is 7.92. The third-order valence-electron chi connectivity index (χ3n) is 5.35. The molecule has 1 aromatic heterocycles. The van der Waals surface area contributed by atoms with Crippen molar-refractivity contribution in [2.45, 2.75) is 0 Å². The number of benzene rings is 3. The molecule has 6 nitrogen and oxygen atoms in total. The van der Waals surface area contributed by atoms with Gasteiger partial charge in [-0.1, -0.05) is 35.9 Å². The normalized spacial score (nSPS) is 12.0. The van der Waals surface area contributed by atoms with Gasteiger partial charge in [0, 0.05) is 33.1 Å². The van der Waals surface area contributed by atoms with Crippen molar-refractivity contribution in [3.8, 4) is 0 Å². The lowest BCUT2D eigenvalue weighted by Gasteiger charge is -2.10. The molecule has 0 saturated carbocycles. The van der Waals surface area contributed by atoms with Crippen LogP contribution in [0.2, 0.25) is 5.02 Å². The lowest BCUT2D eigenvalue weighted by Crippen LogP contribution is -2.20. The van der Waals surface area contributed by atoms with Crippen LogP contribution >= 0.6 is 11.6 Å². The zero-order chi connectivity index (χ0) is 23.8. The minimum Gasteiger partial charge on any atom is -0.366 e. The molecule has 0 radical (unpaired) electrons. The molecular formula is C25H16ClF2N5O.